The minimum atomic E-state index is -0.391. The highest BCUT2D eigenvalue weighted by Gasteiger charge is 2.18. The first kappa shape index (κ1) is 18.9. The Bertz CT molecular complexity index is 1230. The zero-order valence-corrected chi connectivity index (χ0v) is 17.2. The van der Waals surface area contributed by atoms with Gasteiger partial charge in [0.25, 0.3) is 0 Å². The largest absolute Gasteiger partial charge is 0.465 e. The summed E-state index contributed by atoms with van der Waals surface area (Å²) in [5, 5.41) is 5.40. The van der Waals surface area contributed by atoms with Crippen molar-refractivity contribution < 1.29 is 9.53 Å². The lowest BCUT2D eigenvalue weighted by atomic mass is 10.1. The van der Waals surface area contributed by atoms with Crippen LogP contribution >= 0.6 is 0 Å². The van der Waals surface area contributed by atoms with E-state index in [1.54, 1.807) is 18.2 Å². The van der Waals surface area contributed by atoms with E-state index in [0.717, 1.165) is 33.5 Å². The maximum absolute atomic E-state index is 11.9. The van der Waals surface area contributed by atoms with Gasteiger partial charge in [0.1, 0.15) is 5.69 Å². The molecule has 0 aliphatic rings. The fourth-order valence-electron chi connectivity index (χ4n) is 3.27. The maximum atomic E-state index is 11.9. The van der Waals surface area contributed by atoms with Gasteiger partial charge >= 0.3 is 5.97 Å². The normalized spacial score (nSPS) is 11.4. The van der Waals surface area contributed by atoms with E-state index >= 15 is 0 Å². The zero-order valence-electron chi connectivity index (χ0n) is 17.2. The van der Waals surface area contributed by atoms with Crippen molar-refractivity contribution in [2.45, 2.75) is 19.9 Å². The number of carbonyl (C=O) groups is 1. The minimum Gasteiger partial charge on any atom is -0.465 e. The molecule has 7 heteroatoms. The van der Waals surface area contributed by atoms with Gasteiger partial charge in [-0.25, -0.2) is 14.8 Å². The molecule has 29 heavy (non-hydrogen) atoms. The van der Waals surface area contributed by atoms with E-state index in [-0.39, 0.29) is 6.04 Å². The molecule has 0 N–H and O–H groups in total. The first-order valence-corrected chi connectivity index (χ1v) is 9.44. The van der Waals surface area contributed by atoms with Crippen LogP contribution in [0.15, 0.2) is 42.6 Å². The molecule has 0 saturated heterocycles. The molecule has 0 saturated carbocycles. The van der Waals surface area contributed by atoms with E-state index in [2.05, 4.69) is 29.9 Å². The third kappa shape index (κ3) is 3.29. The summed E-state index contributed by atoms with van der Waals surface area (Å²) in [4.78, 5) is 23.8. The number of aryl methyl sites for hydroxylation is 1. The van der Waals surface area contributed by atoms with Gasteiger partial charge in [-0.1, -0.05) is 12.1 Å². The van der Waals surface area contributed by atoms with Crippen molar-refractivity contribution in [3.63, 3.8) is 0 Å². The standard InChI is InChI=1S/C22H23N5O2/c1-13(2)26(3)21-20(14-6-7-16-12-23-27(4)19(16)11-14)24-17-9-8-15(22(28)29-5)10-18(17)25-21/h6-13H,1-5H3. The second kappa shape index (κ2) is 7.16. The van der Waals surface area contributed by atoms with Crippen LogP contribution in [0.1, 0.15) is 24.2 Å². The maximum Gasteiger partial charge on any atom is 0.337 e. The summed E-state index contributed by atoms with van der Waals surface area (Å²) >= 11 is 0. The molecule has 0 atom stereocenters. The molecular weight excluding hydrogens is 366 g/mol. The highest BCUT2D eigenvalue weighted by atomic mass is 16.5. The number of ether oxygens (including phenoxy) is 1. The highest BCUT2D eigenvalue weighted by molar-refractivity contribution is 5.95. The molecule has 148 valence electrons. The van der Waals surface area contributed by atoms with E-state index in [1.807, 2.05) is 37.1 Å². The number of aromatic nitrogens is 4. The molecular formula is C22H23N5O2. The number of anilines is 1. The molecule has 0 amide bonds. The average Bonchev–Trinajstić information content (AvgIpc) is 3.11. The predicted molar refractivity (Wildman–Crippen MR) is 114 cm³/mol. The van der Waals surface area contributed by atoms with E-state index in [1.165, 1.54) is 7.11 Å². The molecule has 0 bridgehead atoms. The van der Waals surface area contributed by atoms with Crippen molar-refractivity contribution in [3.8, 4) is 11.3 Å². The SMILES string of the molecule is COC(=O)c1ccc2nc(-c3ccc4cnn(C)c4c3)c(N(C)C(C)C)nc2c1. The monoisotopic (exact) mass is 389 g/mol. The van der Waals surface area contributed by atoms with E-state index in [9.17, 15) is 4.79 Å². The molecule has 0 radical (unpaired) electrons. The summed E-state index contributed by atoms with van der Waals surface area (Å²) in [6.07, 6.45) is 1.85. The van der Waals surface area contributed by atoms with Crippen LogP contribution in [0.2, 0.25) is 0 Å². The lowest BCUT2D eigenvalue weighted by Crippen LogP contribution is -2.27. The number of benzene rings is 2. The predicted octanol–water partition coefficient (Wildman–Crippen LogP) is 3.81. The molecule has 2 aromatic heterocycles. The Morgan fingerprint density at radius 3 is 2.62 bits per heavy atom. The average molecular weight is 389 g/mol. The molecule has 2 heterocycles. The molecule has 0 aliphatic heterocycles. The number of fused-ring (bicyclic) bond motifs is 2. The topological polar surface area (TPSA) is 73.1 Å². The first-order chi connectivity index (χ1) is 13.9. The Morgan fingerprint density at radius 1 is 1.10 bits per heavy atom. The number of hydrogen-bond acceptors (Lipinski definition) is 6. The van der Waals surface area contributed by atoms with Crippen LogP contribution < -0.4 is 4.90 Å². The Morgan fingerprint density at radius 2 is 1.90 bits per heavy atom. The number of esters is 1. The summed E-state index contributed by atoms with van der Waals surface area (Å²) in [5.41, 5.74) is 4.62. The van der Waals surface area contributed by atoms with Crippen LogP contribution in [0.3, 0.4) is 0 Å². The van der Waals surface area contributed by atoms with Gasteiger partial charge in [0.2, 0.25) is 0 Å². The van der Waals surface area contributed by atoms with E-state index in [4.69, 9.17) is 14.7 Å². The van der Waals surface area contributed by atoms with Crippen LogP contribution in [0.25, 0.3) is 33.2 Å². The minimum absolute atomic E-state index is 0.227. The fourth-order valence-corrected chi connectivity index (χ4v) is 3.27. The second-order valence-corrected chi connectivity index (χ2v) is 7.34. The summed E-state index contributed by atoms with van der Waals surface area (Å²) in [6.45, 7) is 4.20. The van der Waals surface area contributed by atoms with E-state index < -0.39 is 5.97 Å². The number of methoxy groups -OCH3 is 1. The summed E-state index contributed by atoms with van der Waals surface area (Å²) in [5.74, 6) is 0.370. The molecule has 0 spiro atoms. The molecule has 2 aromatic carbocycles. The van der Waals surface area contributed by atoms with Crippen LogP contribution in [0, 0.1) is 0 Å². The van der Waals surface area contributed by atoms with Crippen molar-refractivity contribution >= 4 is 33.7 Å². The van der Waals surface area contributed by atoms with Gasteiger partial charge in [-0.2, -0.15) is 5.10 Å². The molecule has 7 nitrogen and oxygen atoms in total. The summed E-state index contributed by atoms with van der Waals surface area (Å²) < 4.78 is 6.68. The fraction of sp³-hybridized carbons (Fsp3) is 0.273. The van der Waals surface area contributed by atoms with Gasteiger partial charge < -0.3 is 9.64 Å². The van der Waals surface area contributed by atoms with Crippen LogP contribution in [0.4, 0.5) is 5.82 Å². The van der Waals surface area contributed by atoms with Gasteiger partial charge in [-0.15, -0.1) is 0 Å². The van der Waals surface area contributed by atoms with Crippen molar-refractivity contribution in [3.05, 3.63) is 48.2 Å². The van der Waals surface area contributed by atoms with Crippen molar-refractivity contribution in [1.29, 1.82) is 0 Å². The van der Waals surface area contributed by atoms with Gasteiger partial charge in [0.05, 0.1) is 35.4 Å². The molecule has 4 rings (SSSR count). The van der Waals surface area contributed by atoms with Crippen LogP contribution in [0.5, 0.6) is 0 Å². The molecule has 0 fully saturated rings. The number of carbonyl (C=O) groups excluding carboxylic acids is 1. The summed E-state index contributed by atoms with van der Waals surface area (Å²) in [7, 11) is 5.29. The van der Waals surface area contributed by atoms with Crippen LogP contribution in [-0.4, -0.2) is 45.9 Å². The van der Waals surface area contributed by atoms with Crippen molar-refractivity contribution in [1.82, 2.24) is 19.7 Å². The third-order valence-electron chi connectivity index (χ3n) is 5.20. The van der Waals surface area contributed by atoms with E-state index in [0.29, 0.717) is 11.1 Å². The van der Waals surface area contributed by atoms with Crippen molar-refractivity contribution in [2.24, 2.45) is 7.05 Å². The quantitative estimate of drug-likeness (QED) is 0.494. The van der Waals surface area contributed by atoms with Gasteiger partial charge in [-0.05, 0) is 38.1 Å². The number of hydrogen-bond donors (Lipinski definition) is 0. The van der Waals surface area contributed by atoms with Gasteiger partial charge in [-0.3, -0.25) is 4.68 Å². The number of rotatable bonds is 4. The van der Waals surface area contributed by atoms with Crippen molar-refractivity contribution in [2.75, 3.05) is 19.1 Å². The lowest BCUT2D eigenvalue weighted by Gasteiger charge is -2.25. The van der Waals surface area contributed by atoms with Crippen LogP contribution in [-0.2, 0) is 11.8 Å². The Hall–Kier alpha value is -3.48. The second-order valence-electron chi connectivity index (χ2n) is 7.34. The zero-order chi connectivity index (χ0) is 20.7. The smallest absolute Gasteiger partial charge is 0.337 e. The third-order valence-corrected chi connectivity index (χ3v) is 5.20. The Balaban J connectivity index is 1.96. The highest BCUT2D eigenvalue weighted by Crippen LogP contribution is 2.32. The molecule has 0 unspecified atom stereocenters. The molecule has 0 aliphatic carbocycles. The number of nitrogens with zero attached hydrogens (tertiary/aromatic N) is 5. The van der Waals surface area contributed by atoms with Gasteiger partial charge in [0.15, 0.2) is 5.82 Å². The Labute approximate surface area is 168 Å². The van der Waals surface area contributed by atoms with Gasteiger partial charge in [0, 0.05) is 31.1 Å². The Kier molecular flexibility index (Phi) is 4.66. The molecule has 4 aromatic rings. The summed E-state index contributed by atoms with van der Waals surface area (Å²) in [6, 6.07) is 11.6. The lowest BCUT2D eigenvalue weighted by molar-refractivity contribution is 0.0601. The first-order valence-electron chi connectivity index (χ1n) is 9.44.